The molecule has 4 nitrogen and oxygen atoms in total. The van der Waals surface area contributed by atoms with Crippen molar-refractivity contribution < 1.29 is 8.42 Å². The first-order valence-electron chi connectivity index (χ1n) is 8.31. The smallest absolute Gasteiger partial charge is 0.151 e. The lowest BCUT2D eigenvalue weighted by atomic mass is 10.1. The van der Waals surface area contributed by atoms with Crippen LogP contribution in [0.1, 0.15) is 12.0 Å². The molecule has 0 aliphatic carbocycles. The molecule has 24 heavy (non-hydrogen) atoms. The average molecular weight is 344 g/mol. The molecule has 0 unspecified atom stereocenters. The fraction of sp³-hybridized carbons (Fsp3) is 0.368. The number of nitrogens with zero attached hydrogens (tertiary/aromatic N) is 1. The fourth-order valence-electron chi connectivity index (χ4n) is 3.23. The number of hydrogen-bond donors (Lipinski definition) is 1. The van der Waals surface area contributed by atoms with Crippen LogP contribution in [0.2, 0.25) is 0 Å². The Balaban J connectivity index is 1.59. The highest BCUT2D eigenvalue weighted by Gasteiger charge is 2.22. The third kappa shape index (κ3) is 4.51. The Morgan fingerprint density at radius 3 is 2.54 bits per heavy atom. The summed E-state index contributed by atoms with van der Waals surface area (Å²) in [5, 5.41) is 3.46. The summed E-state index contributed by atoms with van der Waals surface area (Å²) in [6, 6.07) is 18.2. The van der Waals surface area contributed by atoms with Crippen molar-refractivity contribution >= 4 is 21.2 Å². The summed E-state index contributed by atoms with van der Waals surface area (Å²) < 4.78 is 23.2. The summed E-state index contributed by atoms with van der Waals surface area (Å²) in [7, 11) is -3.03. The van der Waals surface area contributed by atoms with Crippen LogP contribution in [-0.4, -0.2) is 34.3 Å². The predicted octanol–water partition coefficient (Wildman–Crippen LogP) is 3.17. The molecule has 1 saturated heterocycles. The van der Waals surface area contributed by atoms with Crippen molar-refractivity contribution in [1.82, 2.24) is 0 Å². The largest absolute Gasteiger partial charge is 0.384 e. The molecule has 1 fully saturated rings. The van der Waals surface area contributed by atoms with Gasteiger partial charge in [-0.15, -0.1) is 0 Å². The number of rotatable bonds is 6. The van der Waals surface area contributed by atoms with Crippen molar-refractivity contribution in [1.29, 1.82) is 0 Å². The van der Waals surface area contributed by atoms with E-state index in [-0.39, 0.29) is 5.75 Å². The van der Waals surface area contributed by atoms with Crippen molar-refractivity contribution in [2.45, 2.75) is 12.2 Å². The third-order valence-corrected chi connectivity index (χ3v) is 5.26. The van der Waals surface area contributed by atoms with Gasteiger partial charge in [0.15, 0.2) is 9.84 Å². The molecule has 1 aliphatic heterocycles. The van der Waals surface area contributed by atoms with Gasteiger partial charge in [-0.3, -0.25) is 0 Å². The van der Waals surface area contributed by atoms with Crippen molar-refractivity contribution in [3.63, 3.8) is 0 Å². The van der Waals surface area contributed by atoms with Gasteiger partial charge in [0.1, 0.15) is 0 Å². The molecule has 2 aromatic carbocycles. The van der Waals surface area contributed by atoms with Gasteiger partial charge < -0.3 is 10.2 Å². The van der Waals surface area contributed by atoms with E-state index >= 15 is 0 Å². The quantitative estimate of drug-likeness (QED) is 0.874. The fourth-order valence-corrected chi connectivity index (χ4v) is 4.04. The molecule has 1 heterocycles. The van der Waals surface area contributed by atoms with E-state index in [1.165, 1.54) is 11.9 Å². The zero-order chi connectivity index (χ0) is 17.0. The number of anilines is 2. The second-order valence-electron chi connectivity index (χ2n) is 6.54. The summed E-state index contributed by atoms with van der Waals surface area (Å²) >= 11 is 0. The zero-order valence-corrected chi connectivity index (χ0v) is 14.8. The summed E-state index contributed by atoms with van der Waals surface area (Å²) in [4.78, 5) is 2.41. The minimum atomic E-state index is -3.03. The standard InChI is InChI=1S/C19H24N2O2S/c1-24(22,23)15-17-7-5-6-10-19(17)20-13-16-11-12-21(14-16)18-8-3-2-4-9-18/h2-10,16,20H,11-15H2,1H3/t16-/m1/s1. The van der Waals surface area contributed by atoms with E-state index in [0.717, 1.165) is 37.3 Å². The van der Waals surface area contributed by atoms with E-state index in [1.54, 1.807) is 0 Å². The molecule has 128 valence electrons. The van der Waals surface area contributed by atoms with Gasteiger partial charge >= 0.3 is 0 Å². The van der Waals surface area contributed by atoms with E-state index in [9.17, 15) is 8.42 Å². The van der Waals surface area contributed by atoms with Gasteiger partial charge in [-0.1, -0.05) is 36.4 Å². The van der Waals surface area contributed by atoms with Gasteiger partial charge in [0.05, 0.1) is 5.75 Å². The van der Waals surface area contributed by atoms with E-state index in [1.807, 2.05) is 30.3 Å². The van der Waals surface area contributed by atoms with Crippen LogP contribution in [0.25, 0.3) is 0 Å². The third-order valence-electron chi connectivity index (χ3n) is 4.42. The lowest BCUT2D eigenvalue weighted by Crippen LogP contribution is -2.22. The highest BCUT2D eigenvalue weighted by atomic mass is 32.2. The monoisotopic (exact) mass is 344 g/mol. The molecule has 0 bridgehead atoms. The Labute approximate surface area is 144 Å². The minimum absolute atomic E-state index is 0.0803. The molecule has 0 saturated carbocycles. The van der Waals surface area contributed by atoms with E-state index in [0.29, 0.717) is 5.92 Å². The van der Waals surface area contributed by atoms with Crippen LogP contribution in [0, 0.1) is 5.92 Å². The van der Waals surface area contributed by atoms with Crippen LogP contribution < -0.4 is 10.2 Å². The van der Waals surface area contributed by atoms with Crippen LogP contribution in [-0.2, 0) is 15.6 Å². The van der Waals surface area contributed by atoms with Crippen molar-refractivity contribution in [3.8, 4) is 0 Å². The lowest BCUT2D eigenvalue weighted by Gasteiger charge is -2.19. The van der Waals surface area contributed by atoms with Gasteiger partial charge in [-0.2, -0.15) is 0 Å². The molecule has 0 radical (unpaired) electrons. The van der Waals surface area contributed by atoms with Gasteiger partial charge in [0.2, 0.25) is 0 Å². The van der Waals surface area contributed by atoms with Crippen molar-refractivity contribution in [2.24, 2.45) is 5.92 Å². The van der Waals surface area contributed by atoms with Gasteiger partial charge in [-0.25, -0.2) is 8.42 Å². The van der Waals surface area contributed by atoms with Crippen molar-refractivity contribution in [2.75, 3.05) is 36.1 Å². The molecule has 1 aliphatic rings. The SMILES string of the molecule is CS(=O)(=O)Cc1ccccc1NC[C@H]1CCN(c2ccccc2)C1. The lowest BCUT2D eigenvalue weighted by molar-refractivity contribution is 0.601. The second kappa shape index (κ2) is 7.26. The summed E-state index contributed by atoms with van der Waals surface area (Å²) in [5.74, 6) is 0.647. The maximum atomic E-state index is 11.6. The molecular formula is C19H24N2O2S. The summed E-state index contributed by atoms with van der Waals surface area (Å²) in [6.45, 7) is 2.97. The molecule has 5 heteroatoms. The van der Waals surface area contributed by atoms with E-state index in [2.05, 4.69) is 34.5 Å². The van der Waals surface area contributed by atoms with E-state index in [4.69, 9.17) is 0 Å². The normalized spacial score (nSPS) is 17.9. The van der Waals surface area contributed by atoms with Crippen LogP contribution in [0.3, 0.4) is 0 Å². The Morgan fingerprint density at radius 1 is 1.08 bits per heavy atom. The summed E-state index contributed by atoms with van der Waals surface area (Å²) in [6.07, 6.45) is 2.43. The topological polar surface area (TPSA) is 49.4 Å². The van der Waals surface area contributed by atoms with Gasteiger partial charge in [-0.05, 0) is 36.1 Å². The highest BCUT2D eigenvalue weighted by molar-refractivity contribution is 7.89. The Hall–Kier alpha value is -2.01. The predicted molar refractivity (Wildman–Crippen MR) is 100 cm³/mol. The van der Waals surface area contributed by atoms with Gasteiger partial charge in [0, 0.05) is 37.3 Å². The number of nitrogens with one attached hydrogen (secondary N) is 1. The number of hydrogen-bond acceptors (Lipinski definition) is 4. The van der Waals surface area contributed by atoms with Crippen LogP contribution in [0.15, 0.2) is 54.6 Å². The van der Waals surface area contributed by atoms with Crippen LogP contribution >= 0.6 is 0 Å². The Morgan fingerprint density at radius 2 is 1.79 bits per heavy atom. The van der Waals surface area contributed by atoms with E-state index < -0.39 is 9.84 Å². The van der Waals surface area contributed by atoms with Crippen molar-refractivity contribution in [3.05, 3.63) is 60.2 Å². The molecule has 0 aromatic heterocycles. The average Bonchev–Trinajstić information content (AvgIpc) is 3.02. The first kappa shape index (κ1) is 16.8. The Bertz CT molecular complexity index is 775. The molecule has 0 amide bonds. The second-order valence-corrected chi connectivity index (χ2v) is 8.68. The molecule has 3 rings (SSSR count). The highest BCUT2D eigenvalue weighted by Crippen LogP contribution is 2.25. The molecule has 1 atom stereocenters. The molecule has 2 aromatic rings. The zero-order valence-electron chi connectivity index (χ0n) is 14.0. The number of sulfone groups is 1. The molecular weight excluding hydrogens is 320 g/mol. The van der Waals surface area contributed by atoms with Crippen LogP contribution in [0.4, 0.5) is 11.4 Å². The molecule has 1 N–H and O–H groups in total. The maximum absolute atomic E-state index is 11.6. The minimum Gasteiger partial charge on any atom is -0.384 e. The first-order chi connectivity index (χ1) is 11.5. The first-order valence-corrected chi connectivity index (χ1v) is 10.4. The maximum Gasteiger partial charge on any atom is 0.151 e. The molecule has 0 spiro atoms. The van der Waals surface area contributed by atoms with Crippen LogP contribution in [0.5, 0.6) is 0 Å². The van der Waals surface area contributed by atoms with Gasteiger partial charge in [0.25, 0.3) is 0 Å². The Kier molecular flexibility index (Phi) is 5.09. The number of benzene rings is 2. The number of para-hydroxylation sites is 2. The summed E-state index contributed by atoms with van der Waals surface area (Å²) in [5.41, 5.74) is 3.05.